The zero-order chi connectivity index (χ0) is 13.5. The van der Waals surface area contributed by atoms with Crippen molar-refractivity contribution in [3.63, 3.8) is 0 Å². The topological polar surface area (TPSA) is 38.3 Å². The van der Waals surface area contributed by atoms with E-state index in [-0.39, 0.29) is 11.7 Å². The van der Waals surface area contributed by atoms with Crippen LogP contribution in [0.4, 0.5) is 8.78 Å². The Kier molecular flexibility index (Phi) is 5.55. The molecule has 0 aliphatic heterocycles. The molecule has 0 radical (unpaired) electrons. The maximum atomic E-state index is 13.3. The van der Waals surface area contributed by atoms with Gasteiger partial charge >= 0.3 is 0 Å². The maximum Gasteiger partial charge on any atom is 0.260 e. The van der Waals surface area contributed by atoms with Gasteiger partial charge in [-0.3, -0.25) is 4.79 Å². The van der Waals surface area contributed by atoms with Crippen molar-refractivity contribution in [2.75, 3.05) is 6.54 Å². The molecule has 1 aromatic rings. The highest BCUT2D eigenvalue weighted by Crippen LogP contribution is 2.19. The molecule has 1 amide bonds. The van der Waals surface area contributed by atoms with Gasteiger partial charge in [0.05, 0.1) is 0 Å². The molecule has 0 aliphatic rings. The smallest absolute Gasteiger partial charge is 0.260 e. The molecule has 0 bridgehead atoms. The second-order valence-corrected chi connectivity index (χ2v) is 3.98. The third-order valence-electron chi connectivity index (χ3n) is 2.40. The number of amides is 1. The Morgan fingerprint density at radius 3 is 2.83 bits per heavy atom. The summed E-state index contributed by atoms with van der Waals surface area (Å²) in [6.45, 7) is 4.05. The summed E-state index contributed by atoms with van der Waals surface area (Å²) in [5, 5.41) is 2.66. The Balaban J connectivity index is 2.55. The Morgan fingerprint density at radius 2 is 2.17 bits per heavy atom. The summed E-state index contributed by atoms with van der Waals surface area (Å²) in [7, 11) is 0. The van der Waals surface area contributed by atoms with E-state index in [9.17, 15) is 13.6 Å². The molecule has 0 heterocycles. The van der Waals surface area contributed by atoms with E-state index in [1.165, 1.54) is 6.92 Å². The molecule has 100 valence electrons. The Morgan fingerprint density at radius 1 is 1.44 bits per heavy atom. The van der Waals surface area contributed by atoms with Crippen molar-refractivity contribution in [2.45, 2.75) is 32.8 Å². The molecule has 0 saturated carbocycles. The highest BCUT2D eigenvalue weighted by molar-refractivity contribution is 5.80. The zero-order valence-corrected chi connectivity index (χ0v) is 10.5. The fraction of sp³-hybridized carbons (Fsp3) is 0.462. The van der Waals surface area contributed by atoms with Crippen molar-refractivity contribution in [1.29, 1.82) is 0 Å². The zero-order valence-electron chi connectivity index (χ0n) is 10.5. The summed E-state index contributed by atoms with van der Waals surface area (Å²) in [5.74, 6) is -1.89. The average Bonchev–Trinajstić information content (AvgIpc) is 2.34. The van der Waals surface area contributed by atoms with Crippen molar-refractivity contribution in [2.24, 2.45) is 0 Å². The molecule has 1 aromatic carbocycles. The lowest BCUT2D eigenvalue weighted by molar-refractivity contribution is -0.127. The highest BCUT2D eigenvalue weighted by Gasteiger charge is 2.16. The van der Waals surface area contributed by atoms with Crippen molar-refractivity contribution < 1.29 is 18.3 Å². The fourth-order valence-electron chi connectivity index (χ4n) is 1.34. The Bertz CT molecular complexity index is 410. The fourth-order valence-corrected chi connectivity index (χ4v) is 1.34. The van der Waals surface area contributed by atoms with Gasteiger partial charge in [0, 0.05) is 12.6 Å². The van der Waals surface area contributed by atoms with Crippen LogP contribution in [0.3, 0.4) is 0 Å². The second-order valence-electron chi connectivity index (χ2n) is 3.98. The quantitative estimate of drug-likeness (QED) is 0.796. The van der Waals surface area contributed by atoms with Crippen LogP contribution in [0.15, 0.2) is 18.2 Å². The van der Waals surface area contributed by atoms with Crippen molar-refractivity contribution in [1.82, 2.24) is 5.32 Å². The van der Waals surface area contributed by atoms with E-state index in [0.717, 1.165) is 31.0 Å². The first-order chi connectivity index (χ1) is 8.54. The van der Waals surface area contributed by atoms with Gasteiger partial charge in [-0.1, -0.05) is 13.3 Å². The summed E-state index contributed by atoms with van der Waals surface area (Å²) < 4.78 is 31.3. The number of rotatable bonds is 6. The summed E-state index contributed by atoms with van der Waals surface area (Å²) >= 11 is 0. The molecule has 3 nitrogen and oxygen atoms in total. The molecular formula is C13H17F2NO2. The van der Waals surface area contributed by atoms with Crippen molar-refractivity contribution >= 4 is 5.91 Å². The first-order valence-electron chi connectivity index (χ1n) is 5.94. The summed E-state index contributed by atoms with van der Waals surface area (Å²) in [6.07, 6.45) is 0.971. The van der Waals surface area contributed by atoms with Crippen LogP contribution in [-0.2, 0) is 4.79 Å². The lowest BCUT2D eigenvalue weighted by Gasteiger charge is -2.15. The normalized spacial score (nSPS) is 12.0. The third-order valence-corrected chi connectivity index (χ3v) is 2.40. The lowest BCUT2D eigenvalue weighted by Crippen LogP contribution is -2.36. The van der Waals surface area contributed by atoms with Crippen LogP contribution in [0.1, 0.15) is 26.7 Å². The van der Waals surface area contributed by atoms with E-state index >= 15 is 0 Å². The van der Waals surface area contributed by atoms with Gasteiger partial charge in [0.15, 0.2) is 17.7 Å². The molecule has 1 rings (SSSR count). The molecule has 0 spiro atoms. The van der Waals surface area contributed by atoms with Crippen LogP contribution in [0.2, 0.25) is 0 Å². The van der Waals surface area contributed by atoms with Gasteiger partial charge < -0.3 is 10.1 Å². The van der Waals surface area contributed by atoms with Gasteiger partial charge in [-0.15, -0.1) is 0 Å². The van der Waals surface area contributed by atoms with E-state index < -0.39 is 17.7 Å². The van der Waals surface area contributed by atoms with Crippen LogP contribution in [0.25, 0.3) is 0 Å². The van der Waals surface area contributed by atoms with Gasteiger partial charge in [0.25, 0.3) is 5.91 Å². The molecule has 0 aromatic heterocycles. The van der Waals surface area contributed by atoms with Crippen LogP contribution >= 0.6 is 0 Å². The number of unbranched alkanes of at least 4 members (excludes halogenated alkanes) is 1. The molecule has 1 N–H and O–H groups in total. The first-order valence-corrected chi connectivity index (χ1v) is 5.94. The van der Waals surface area contributed by atoms with Gasteiger partial charge in [-0.2, -0.15) is 0 Å². The molecular weight excluding hydrogens is 240 g/mol. The molecule has 18 heavy (non-hydrogen) atoms. The summed E-state index contributed by atoms with van der Waals surface area (Å²) in [5.41, 5.74) is 0. The van der Waals surface area contributed by atoms with Gasteiger partial charge in [-0.05, 0) is 25.5 Å². The first kappa shape index (κ1) is 14.4. The number of hydrogen-bond donors (Lipinski definition) is 1. The second kappa shape index (κ2) is 6.93. The van der Waals surface area contributed by atoms with Crippen molar-refractivity contribution in [3.8, 4) is 5.75 Å². The predicted molar refractivity (Wildman–Crippen MR) is 64.4 cm³/mol. The van der Waals surface area contributed by atoms with E-state index in [1.807, 2.05) is 6.92 Å². The number of carbonyl (C=O) groups excluding carboxylic acids is 1. The highest BCUT2D eigenvalue weighted by atomic mass is 19.1. The van der Waals surface area contributed by atoms with E-state index in [4.69, 9.17) is 4.74 Å². The van der Waals surface area contributed by atoms with Gasteiger partial charge in [0.2, 0.25) is 0 Å². The average molecular weight is 257 g/mol. The molecule has 0 unspecified atom stereocenters. The number of carbonyl (C=O) groups is 1. The van der Waals surface area contributed by atoms with Crippen molar-refractivity contribution in [3.05, 3.63) is 29.8 Å². The van der Waals surface area contributed by atoms with E-state index in [0.29, 0.717) is 6.54 Å². The van der Waals surface area contributed by atoms with Crippen LogP contribution < -0.4 is 10.1 Å². The standard InChI is InChI=1S/C13H17F2NO2/c1-3-4-7-16-13(17)9(2)18-12-8-10(14)5-6-11(12)15/h5-6,8-9H,3-4,7H2,1-2H3,(H,16,17)/t9-/m1/s1. The largest absolute Gasteiger partial charge is 0.478 e. The van der Waals surface area contributed by atoms with Crippen LogP contribution in [-0.4, -0.2) is 18.6 Å². The lowest BCUT2D eigenvalue weighted by atomic mass is 10.3. The number of ether oxygens (including phenoxy) is 1. The van der Waals surface area contributed by atoms with Gasteiger partial charge in [-0.25, -0.2) is 8.78 Å². The Hall–Kier alpha value is -1.65. The summed E-state index contributed by atoms with van der Waals surface area (Å²) in [4.78, 5) is 11.6. The number of hydrogen-bond acceptors (Lipinski definition) is 2. The molecule has 1 atom stereocenters. The van der Waals surface area contributed by atoms with Crippen LogP contribution in [0, 0.1) is 11.6 Å². The molecule has 0 aliphatic carbocycles. The minimum Gasteiger partial charge on any atom is -0.478 e. The van der Waals surface area contributed by atoms with E-state index in [2.05, 4.69) is 5.32 Å². The molecule has 0 fully saturated rings. The van der Waals surface area contributed by atoms with Crippen LogP contribution in [0.5, 0.6) is 5.75 Å². The number of nitrogens with one attached hydrogen (secondary N) is 1. The Labute approximate surface area is 105 Å². The number of benzene rings is 1. The molecule has 5 heteroatoms. The molecule has 0 saturated heterocycles. The predicted octanol–water partition coefficient (Wildman–Crippen LogP) is 2.65. The van der Waals surface area contributed by atoms with Gasteiger partial charge in [0.1, 0.15) is 5.82 Å². The summed E-state index contributed by atoms with van der Waals surface area (Å²) in [6, 6.07) is 2.88. The minimum absolute atomic E-state index is 0.256. The van der Waals surface area contributed by atoms with E-state index in [1.54, 1.807) is 0 Å². The monoisotopic (exact) mass is 257 g/mol. The minimum atomic E-state index is -0.863. The number of halogens is 2. The maximum absolute atomic E-state index is 13.3. The third kappa shape index (κ3) is 4.31. The SMILES string of the molecule is CCCCNC(=O)[C@@H](C)Oc1cc(F)ccc1F.